The first-order valence-electron chi connectivity index (χ1n) is 15.9. The molecule has 3 unspecified atom stereocenters. The number of hydrogen-bond acceptors (Lipinski definition) is 3. The zero-order valence-electron chi connectivity index (χ0n) is 25.5. The highest BCUT2D eigenvalue weighted by molar-refractivity contribution is 5.78. The lowest BCUT2D eigenvalue weighted by atomic mass is 9.91. The number of carbonyl (C=O) groups is 3. The maximum atomic E-state index is 12.6. The highest BCUT2D eigenvalue weighted by atomic mass is 16.4. The van der Waals surface area contributed by atoms with Gasteiger partial charge in [0.1, 0.15) is 0 Å². The van der Waals surface area contributed by atoms with Crippen molar-refractivity contribution in [1.29, 1.82) is 0 Å². The Balaban J connectivity index is 5.25. The summed E-state index contributed by atoms with van der Waals surface area (Å²) in [4.78, 5) is 37.7. The second-order valence-electron chi connectivity index (χ2n) is 11.2. The van der Waals surface area contributed by atoms with Gasteiger partial charge in [0.25, 0.3) is 0 Å². The first kappa shape index (κ1) is 37.1. The summed E-state index contributed by atoms with van der Waals surface area (Å²) < 4.78 is -0.376. The summed E-state index contributed by atoms with van der Waals surface area (Å²) in [7, 11) is 0. The average Bonchev–Trinajstić information content (AvgIpc) is 2.89. The SMILES string of the molecule is CCCCCCC/C=C/CCCCCCCC[N+](C(CCC)C(=O)O)(C(CCC)C(=O)O)C(CCC)C(=O)O. The molecule has 0 aliphatic rings. The van der Waals surface area contributed by atoms with Gasteiger partial charge in [0.15, 0.2) is 18.1 Å². The summed E-state index contributed by atoms with van der Waals surface area (Å²) in [6, 6.07) is -3.14. The summed E-state index contributed by atoms with van der Waals surface area (Å²) in [5, 5.41) is 30.8. The Bertz CT molecular complexity index is 632. The number of carboxylic acid groups (broad SMARTS) is 3. The molecule has 0 aliphatic carbocycles. The van der Waals surface area contributed by atoms with Crippen LogP contribution in [-0.4, -0.2) is 62.4 Å². The van der Waals surface area contributed by atoms with E-state index in [0.29, 0.717) is 25.7 Å². The summed E-state index contributed by atoms with van der Waals surface area (Å²) in [6.07, 6.45) is 21.7. The van der Waals surface area contributed by atoms with Gasteiger partial charge in [0.2, 0.25) is 0 Å². The van der Waals surface area contributed by atoms with Gasteiger partial charge in [-0.05, 0) is 57.8 Å². The largest absolute Gasteiger partial charge is 0.477 e. The van der Waals surface area contributed by atoms with Crippen molar-refractivity contribution in [3.05, 3.63) is 12.2 Å². The van der Waals surface area contributed by atoms with Gasteiger partial charge in [-0.25, -0.2) is 14.4 Å². The van der Waals surface area contributed by atoms with E-state index in [1.165, 1.54) is 38.5 Å². The third-order valence-corrected chi connectivity index (χ3v) is 8.09. The number of unbranched alkanes of at least 4 members (excludes halogenated alkanes) is 11. The molecule has 3 N–H and O–H groups in total. The van der Waals surface area contributed by atoms with Gasteiger partial charge in [-0.1, -0.05) is 84.8 Å². The Morgan fingerprint density at radius 1 is 0.513 bits per heavy atom. The van der Waals surface area contributed by atoms with Crippen LogP contribution in [0.4, 0.5) is 0 Å². The van der Waals surface area contributed by atoms with E-state index in [2.05, 4.69) is 19.1 Å². The van der Waals surface area contributed by atoms with Crippen LogP contribution in [0.3, 0.4) is 0 Å². The zero-order valence-corrected chi connectivity index (χ0v) is 25.5. The fourth-order valence-corrected chi connectivity index (χ4v) is 6.10. The van der Waals surface area contributed by atoms with E-state index < -0.39 is 36.0 Å². The van der Waals surface area contributed by atoms with Crippen molar-refractivity contribution in [2.24, 2.45) is 0 Å². The van der Waals surface area contributed by atoms with Crippen LogP contribution >= 0.6 is 0 Å². The molecule has 0 saturated heterocycles. The molecule has 0 aromatic rings. The summed E-state index contributed by atoms with van der Waals surface area (Å²) in [5.41, 5.74) is 0. The molecule has 0 bridgehead atoms. The highest BCUT2D eigenvalue weighted by Gasteiger charge is 2.56. The number of rotatable bonds is 27. The number of carboxylic acids is 3. The van der Waals surface area contributed by atoms with Crippen molar-refractivity contribution in [2.75, 3.05) is 6.54 Å². The molecule has 228 valence electrons. The molecule has 7 heteroatoms. The van der Waals surface area contributed by atoms with Gasteiger partial charge in [-0.2, -0.15) is 0 Å². The number of nitrogens with zero attached hydrogens (tertiary/aromatic N) is 1. The molecule has 0 fully saturated rings. The standard InChI is InChI=1S/C32H59NO6/c1-5-9-10-11-12-13-14-15-16-17-18-19-20-21-22-26-33(27(23-6-2)30(34)35,28(24-7-3)31(36)37)29(25-8-4)32(38)39/h14-15,27-29H,5-13,16-26H2,1-4H3,(H2-,34,35,36,37,38,39)/p+1/b15-14+. The van der Waals surface area contributed by atoms with Crippen LogP contribution in [0.5, 0.6) is 0 Å². The Morgan fingerprint density at radius 3 is 1.18 bits per heavy atom. The Kier molecular flexibility index (Phi) is 21.8. The molecular formula is C32H60NO6+. The molecule has 0 aromatic carbocycles. The van der Waals surface area contributed by atoms with E-state index in [-0.39, 0.29) is 30.3 Å². The minimum absolute atomic E-state index is 0.266. The Labute approximate surface area is 238 Å². The summed E-state index contributed by atoms with van der Waals surface area (Å²) in [5.74, 6) is -3.26. The second-order valence-corrected chi connectivity index (χ2v) is 11.2. The van der Waals surface area contributed by atoms with Gasteiger partial charge < -0.3 is 15.3 Å². The van der Waals surface area contributed by atoms with Crippen LogP contribution < -0.4 is 0 Å². The molecular weight excluding hydrogens is 494 g/mol. The molecule has 0 radical (unpaired) electrons. The number of allylic oxidation sites excluding steroid dienone is 2. The Morgan fingerprint density at radius 2 is 0.846 bits per heavy atom. The fraction of sp³-hybridized carbons (Fsp3) is 0.844. The van der Waals surface area contributed by atoms with Crippen LogP contribution in [0.15, 0.2) is 12.2 Å². The molecule has 3 atom stereocenters. The third kappa shape index (κ3) is 13.8. The predicted molar refractivity (Wildman–Crippen MR) is 159 cm³/mol. The predicted octanol–water partition coefficient (Wildman–Crippen LogP) is 8.21. The van der Waals surface area contributed by atoms with Crippen molar-refractivity contribution in [1.82, 2.24) is 0 Å². The Hall–Kier alpha value is -1.89. The maximum absolute atomic E-state index is 12.6. The second kappa shape index (κ2) is 22.9. The van der Waals surface area contributed by atoms with E-state index in [1.54, 1.807) is 0 Å². The normalized spacial score (nSPS) is 15.6. The summed E-state index contributed by atoms with van der Waals surface area (Å²) >= 11 is 0. The lowest BCUT2D eigenvalue weighted by Crippen LogP contribution is -2.72. The van der Waals surface area contributed by atoms with Crippen LogP contribution in [-0.2, 0) is 14.4 Å². The average molecular weight is 555 g/mol. The minimum Gasteiger partial charge on any atom is -0.477 e. The van der Waals surface area contributed by atoms with Gasteiger partial charge in [-0.15, -0.1) is 0 Å². The number of aliphatic carboxylic acids is 3. The first-order chi connectivity index (χ1) is 18.7. The van der Waals surface area contributed by atoms with Gasteiger partial charge in [0, 0.05) is 19.3 Å². The molecule has 0 aliphatic heterocycles. The lowest BCUT2D eigenvalue weighted by Gasteiger charge is -2.50. The number of hydrogen-bond donors (Lipinski definition) is 3. The van der Waals surface area contributed by atoms with Crippen molar-refractivity contribution < 1.29 is 34.2 Å². The van der Waals surface area contributed by atoms with Crippen LogP contribution in [0.25, 0.3) is 0 Å². The topological polar surface area (TPSA) is 112 Å². The van der Waals surface area contributed by atoms with E-state index in [4.69, 9.17) is 0 Å². The molecule has 7 nitrogen and oxygen atoms in total. The van der Waals surface area contributed by atoms with E-state index in [0.717, 1.165) is 38.5 Å². The zero-order chi connectivity index (χ0) is 29.5. The summed E-state index contributed by atoms with van der Waals surface area (Å²) in [6.45, 7) is 8.13. The smallest absolute Gasteiger partial charge is 0.362 e. The monoisotopic (exact) mass is 554 g/mol. The first-order valence-corrected chi connectivity index (χ1v) is 15.9. The lowest BCUT2D eigenvalue weighted by molar-refractivity contribution is -0.973. The number of quaternary nitrogens is 1. The molecule has 39 heavy (non-hydrogen) atoms. The van der Waals surface area contributed by atoms with Gasteiger partial charge in [0.05, 0.1) is 6.54 Å². The minimum atomic E-state index is -1.09. The molecule has 0 aromatic heterocycles. The maximum Gasteiger partial charge on any atom is 0.362 e. The van der Waals surface area contributed by atoms with E-state index in [1.807, 2.05) is 20.8 Å². The van der Waals surface area contributed by atoms with Crippen LogP contribution in [0.1, 0.15) is 150 Å². The van der Waals surface area contributed by atoms with Crippen molar-refractivity contribution in [3.63, 3.8) is 0 Å². The molecule has 0 rings (SSSR count). The molecule has 0 amide bonds. The van der Waals surface area contributed by atoms with E-state index in [9.17, 15) is 29.7 Å². The highest BCUT2D eigenvalue weighted by Crippen LogP contribution is 2.34. The third-order valence-electron chi connectivity index (χ3n) is 8.09. The van der Waals surface area contributed by atoms with E-state index >= 15 is 0 Å². The van der Waals surface area contributed by atoms with Crippen LogP contribution in [0.2, 0.25) is 0 Å². The molecule has 0 saturated carbocycles. The quantitative estimate of drug-likeness (QED) is 0.0536. The van der Waals surface area contributed by atoms with Crippen molar-refractivity contribution in [2.45, 2.75) is 168 Å². The van der Waals surface area contributed by atoms with Crippen molar-refractivity contribution >= 4 is 17.9 Å². The molecule has 0 spiro atoms. The van der Waals surface area contributed by atoms with Gasteiger partial charge >= 0.3 is 17.9 Å². The molecule has 0 heterocycles. The fourth-order valence-electron chi connectivity index (χ4n) is 6.10. The van der Waals surface area contributed by atoms with Gasteiger partial charge in [-0.3, -0.25) is 4.48 Å². The van der Waals surface area contributed by atoms with Crippen LogP contribution in [0, 0.1) is 0 Å². The van der Waals surface area contributed by atoms with Crippen molar-refractivity contribution in [3.8, 4) is 0 Å².